The molecule has 0 spiro atoms. The predicted molar refractivity (Wildman–Crippen MR) is 134 cm³/mol. The van der Waals surface area contributed by atoms with Gasteiger partial charge in [-0.15, -0.1) is 0 Å². The van der Waals surface area contributed by atoms with Gasteiger partial charge in [-0.3, -0.25) is 14.4 Å². The Balaban J connectivity index is 1.61. The van der Waals surface area contributed by atoms with Crippen molar-refractivity contribution in [2.75, 3.05) is 20.1 Å². The Kier molecular flexibility index (Phi) is 9.51. The van der Waals surface area contributed by atoms with Gasteiger partial charge in [-0.1, -0.05) is 23.2 Å². The van der Waals surface area contributed by atoms with E-state index in [0.29, 0.717) is 17.7 Å². The molecule has 2 atom stereocenters. The molecule has 1 aromatic heterocycles. The molecule has 3 amide bonds. The van der Waals surface area contributed by atoms with Crippen LogP contribution in [0.1, 0.15) is 34.5 Å². The maximum absolute atomic E-state index is 12.8. The van der Waals surface area contributed by atoms with Crippen molar-refractivity contribution in [2.24, 2.45) is 0 Å². The van der Waals surface area contributed by atoms with E-state index in [1.807, 2.05) is 0 Å². The molecular formula is C24H26Cl2N4O6. The van der Waals surface area contributed by atoms with Crippen LogP contribution in [0.5, 0.6) is 0 Å². The fourth-order valence-electron chi connectivity index (χ4n) is 3.68. The third-order valence-electron chi connectivity index (χ3n) is 5.53. The molecule has 1 saturated heterocycles. The quantitative estimate of drug-likeness (QED) is 0.341. The second-order valence-corrected chi connectivity index (χ2v) is 9.05. The summed E-state index contributed by atoms with van der Waals surface area (Å²) in [5.41, 5.74) is 0.425. The van der Waals surface area contributed by atoms with Crippen LogP contribution in [0, 0.1) is 0 Å². The van der Waals surface area contributed by atoms with E-state index in [1.165, 1.54) is 42.5 Å². The highest BCUT2D eigenvalue weighted by Gasteiger charge is 2.30. The van der Waals surface area contributed by atoms with E-state index >= 15 is 0 Å². The van der Waals surface area contributed by atoms with Gasteiger partial charge in [0, 0.05) is 19.7 Å². The van der Waals surface area contributed by atoms with Crippen LogP contribution in [0.15, 0.2) is 41.0 Å². The van der Waals surface area contributed by atoms with Crippen molar-refractivity contribution in [3.63, 3.8) is 0 Å². The fraction of sp³-hybridized carbons (Fsp3) is 0.333. The Hall–Kier alpha value is -3.34. The monoisotopic (exact) mass is 536 g/mol. The number of aliphatic carboxylic acids is 1. The van der Waals surface area contributed by atoms with E-state index in [9.17, 15) is 24.3 Å². The van der Waals surface area contributed by atoms with Crippen molar-refractivity contribution >= 4 is 53.0 Å². The Morgan fingerprint density at radius 2 is 2.00 bits per heavy atom. The highest BCUT2D eigenvalue weighted by Crippen LogP contribution is 2.27. The minimum atomic E-state index is -1.38. The van der Waals surface area contributed by atoms with Crippen LogP contribution < -0.4 is 16.0 Å². The highest BCUT2D eigenvalue weighted by molar-refractivity contribution is 6.39. The number of nitrogens with one attached hydrogen (secondary N) is 3. The van der Waals surface area contributed by atoms with E-state index < -0.39 is 17.9 Å². The van der Waals surface area contributed by atoms with Crippen LogP contribution in [-0.2, 0) is 20.9 Å². The number of hydrogen-bond acceptors (Lipinski definition) is 6. The molecule has 1 aliphatic rings. The first-order valence-corrected chi connectivity index (χ1v) is 11.9. The summed E-state index contributed by atoms with van der Waals surface area (Å²) in [7, 11) is 1.48. The zero-order valence-electron chi connectivity index (χ0n) is 19.4. The van der Waals surface area contributed by atoms with Crippen molar-refractivity contribution in [3.05, 3.63) is 63.5 Å². The topological polar surface area (TPSA) is 141 Å². The molecule has 0 saturated carbocycles. The first-order valence-electron chi connectivity index (χ1n) is 11.1. The van der Waals surface area contributed by atoms with Crippen LogP contribution in [-0.4, -0.2) is 65.9 Å². The Morgan fingerprint density at radius 1 is 1.28 bits per heavy atom. The predicted octanol–water partition coefficient (Wildman–Crippen LogP) is 2.31. The van der Waals surface area contributed by atoms with Crippen molar-refractivity contribution in [2.45, 2.75) is 31.5 Å². The van der Waals surface area contributed by atoms with Gasteiger partial charge >= 0.3 is 5.97 Å². The van der Waals surface area contributed by atoms with E-state index in [-0.39, 0.29) is 46.6 Å². The second-order valence-electron chi connectivity index (χ2n) is 8.23. The average Bonchev–Trinajstić information content (AvgIpc) is 3.54. The minimum absolute atomic E-state index is 0.0147. The number of halogens is 2. The standard InChI is InChI=1S/C24H26Cl2N4O6/c1-30(23(33)18-5-2-8-27-18)13-19(24(34)35)29-22(32)21-16(25)10-14(11-17(21)26)12-28-20(31)7-6-15-4-3-9-36-15/h3-4,6-7,9-11,18-19,27H,2,5,8,12-13H2,1H3,(H,28,31)(H,29,32)(H,34,35)/b7-6+. The summed E-state index contributed by atoms with van der Waals surface area (Å²) >= 11 is 12.5. The van der Waals surface area contributed by atoms with Gasteiger partial charge in [0.25, 0.3) is 5.91 Å². The summed E-state index contributed by atoms with van der Waals surface area (Å²) in [6.45, 7) is 0.577. The minimum Gasteiger partial charge on any atom is -0.480 e. The molecule has 3 rings (SSSR count). The lowest BCUT2D eigenvalue weighted by atomic mass is 10.1. The summed E-state index contributed by atoms with van der Waals surface area (Å²) in [4.78, 5) is 50.4. The molecule has 4 N–H and O–H groups in total. The lowest BCUT2D eigenvalue weighted by Gasteiger charge is -2.25. The summed E-state index contributed by atoms with van der Waals surface area (Å²) in [6, 6.07) is 4.57. The molecule has 1 fully saturated rings. The van der Waals surface area contributed by atoms with Gasteiger partial charge in [0.05, 0.1) is 34.5 Å². The molecule has 192 valence electrons. The van der Waals surface area contributed by atoms with Crippen LogP contribution in [0.3, 0.4) is 0 Å². The van der Waals surface area contributed by atoms with Crippen LogP contribution in [0.4, 0.5) is 0 Å². The molecule has 2 unspecified atom stereocenters. The lowest BCUT2D eigenvalue weighted by molar-refractivity contribution is -0.141. The van der Waals surface area contributed by atoms with Gasteiger partial charge in [0.2, 0.25) is 11.8 Å². The second kappa shape index (κ2) is 12.6. The number of benzene rings is 1. The maximum atomic E-state index is 12.8. The van der Waals surface area contributed by atoms with Crippen molar-refractivity contribution in [1.29, 1.82) is 0 Å². The Morgan fingerprint density at radius 3 is 2.58 bits per heavy atom. The van der Waals surface area contributed by atoms with E-state index in [0.717, 1.165) is 13.0 Å². The number of carboxylic acid groups (broad SMARTS) is 1. The average molecular weight is 537 g/mol. The normalized spacial score (nSPS) is 16.0. The third kappa shape index (κ3) is 7.33. The number of carboxylic acids is 1. The number of rotatable bonds is 10. The molecule has 12 heteroatoms. The molecular weight excluding hydrogens is 511 g/mol. The summed E-state index contributed by atoms with van der Waals surface area (Å²) in [5, 5.41) is 17.7. The van der Waals surface area contributed by atoms with Gasteiger partial charge in [0.15, 0.2) is 0 Å². The highest BCUT2D eigenvalue weighted by atomic mass is 35.5. The number of furan rings is 1. The number of carbonyl (C=O) groups is 4. The lowest BCUT2D eigenvalue weighted by Crippen LogP contribution is -2.51. The van der Waals surface area contributed by atoms with Gasteiger partial charge in [-0.25, -0.2) is 4.79 Å². The van der Waals surface area contributed by atoms with Gasteiger partial charge in [-0.2, -0.15) is 0 Å². The van der Waals surface area contributed by atoms with E-state index in [1.54, 1.807) is 12.1 Å². The molecule has 10 nitrogen and oxygen atoms in total. The maximum Gasteiger partial charge on any atom is 0.328 e. The van der Waals surface area contributed by atoms with Gasteiger partial charge < -0.3 is 30.4 Å². The summed E-state index contributed by atoms with van der Waals surface area (Å²) in [6.07, 6.45) is 5.84. The Bertz CT molecular complexity index is 1120. The van der Waals surface area contributed by atoms with Crippen molar-refractivity contribution in [3.8, 4) is 0 Å². The van der Waals surface area contributed by atoms with Crippen LogP contribution in [0.2, 0.25) is 10.0 Å². The van der Waals surface area contributed by atoms with Crippen molar-refractivity contribution in [1.82, 2.24) is 20.9 Å². The fourth-order valence-corrected chi connectivity index (χ4v) is 4.38. The molecule has 36 heavy (non-hydrogen) atoms. The van der Waals surface area contributed by atoms with Crippen LogP contribution in [0.25, 0.3) is 6.08 Å². The third-order valence-corrected chi connectivity index (χ3v) is 6.13. The Labute approximate surface area is 217 Å². The number of likely N-dealkylation sites (N-methyl/N-ethyl adjacent to an activating group) is 1. The molecule has 2 aromatic rings. The molecule has 1 aliphatic heterocycles. The zero-order chi connectivity index (χ0) is 26.2. The van der Waals surface area contributed by atoms with Gasteiger partial charge in [-0.05, 0) is 55.3 Å². The number of amides is 3. The smallest absolute Gasteiger partial charge is 0.328 e. The van der Waals surface area contributed by atoms with E-state index in [2.05, 4.69) is 16.0 Å². The SMILES string of the molecule is CN(CC(NC(=O)c1c(Cl)cc(CNC(=O)/C=C/c2ccco2)cc1Cl)C(=O)O)C(=O)C1CCCN1. The summed E-state index contributed by atoms with van der Waals surface area (Å²) < 4.78 is 5.11. The zero-order valence-corrected chi connectivity index (χ0v) is 20.9. The first kappa shape index (κ1) is 27.3. The largest absolute Gasteiger partial charge is 0.480 e. The first-order chi connectivity index (χ1) is 17.2. The number of carbonyl (C=O) groups excluding carboxylic acids is 3. The number of nitrogens with zero attached hydrogens (tertiary/aromatic N) is 1. The molecule has 2 heterocycles. The summed E-state index contributed by atoms with van der Waals surface area (Å²) in [5.74, 6) is -2.20. The van der Waals surface area contributed by atoms with E-state index in [4.69, 9.17) is 27.6 Å². The van der Waals surface area contributed by atoms with Crippen molar-refractivity contribution < 1.29 is 28.7 Å². The molecule has 0 bridgehead atoms. The molecule has 1 aromatic carbocycles. The number of hydrogen-bond donors (Lipinski definition) is 4. The molecule has 0 aliphatic carbocycles. The van der Waals surface area contributed by atoms with Gasteiger partial charge in [0.1, 0.15) is 11.8 Å². The molecule has 0 radical (unpaired) electrons. The van der Waals surface area contributed by atoms with Crippen LogP contribution >= 0.6 is 23.2 Å².